The van der Waals surface area contributed by atoms with Crippen molar-refractivity contribution in [2.75, 3.05) is 24.4 Å². The van der Waals surface area contributed by atoms with Crippen molar-refractivity contribution in [3.63, 3.8) is 0 Å². The minimum absolute atomic E-state index is 0.218. The van der Waals surface area contributed by atoms with E-state index in [4.69, 9.17) is 16.3 Å². The standard InChI is InChI=1S/C22H19ClN4O2S/c1-13-18-20(27(2)15-7-5-4-6-8-15)24-12-25-22(18)30-19(13)21(28)26-14-9-10-17(29-3)16(23)11-14/h4-12H,1-3H3,(H,26,28). The summed E-state index contributed by atoms with van der Waals surface area (Å²) in [7, 11) is 3.50. The van der Waals surface area contributed by atoms with Crippen LogP contribution in [0.3, 0.4) is 0 Å². The average molecular weight is 439 g/mol. The van der Waals surface area contributed by atoms with Crippen molar-refractivity contribution in [1.29, 1.82) is 0 Å². The molecule has 0 aliphatic heterocycles. The van der Waals surface area contributed by atoms with Crippen LogP contribution in [0.5, 0.6) is 5.75 Å². The summed E-state index contributed by atoms with van der Waals surface area (Å²) in [5.41, 5.74) is 2.43. The third kappa shape index (κ3) is 3.69. The zero-order valence-corrected chi connectivity index (χ0v) is 18.2. The molecule has 1 amide bonds. The molecule has 2 aromatic heterocycles. The summed E-state index contributed by atoms with van der Waals surface area (Å²) in [6, 6.07) is 15.1. The molecule has 6 nitrogen and oxygen atoms in total. The number of thiophene rings is 1. The van der Waals surface area contributed by atoms with E-state index in [1.165, 1.54) is 17.7 Å². The van der Waals surface area contributed by atoms with Crippen LogP contribution in [0.15, 0.2) is 54.9 Å². The lowest BCUT2D eigenvalue weighted by atomic mass is 10.1. The molecule has 152 valence electrons. The van der Waals surface area contributed by atoms with Crippen LogP contribution in [0.25, 0.3) is 10.2 Å². The molecule has 0 unspecified atom stereocenters. The van der Waals surface area contributed by atoms with E-state index >= 15 is 0 Å². The summed E-state index contributed by atoms with van der Waals surface area (Å²) in [5.74, 6) is 1.09. The molecule has 0 fully saturated rings. The van der Waals surface area contributed by atoms with Gasteiger partial charge in [-0.1, -0.05) is 29.8 Å². The van der Waals surface area contributed by atoms with E-state index in [0.717, 1.165) is 27.3 Å². The molecule has 2 aromatic carbocycles. The number of amides is 1. The van der Waals surface area contributed by atoms with Crippen molar-refractivity contribution < 1.29 is 9.53 Å². The Morgan fingerprint density at radius 1 is 1.17 bits per heavy atom. The molecule has 4 rings (SSSR count). The molecular formula is C22H19ClN4O2S. The number of aromatic nitrogens is 2. The number of benzene rings is 2. The number of fused-ring (bicyclic) bond motifs is 1. The van der Waals surface area contributed by atoms with Gasteiger partial charge < -0.3 is 15.0 Å². The highest BCUT2D eigenvalue weighted by Crippen LogP contribution is 2.37. The fourth-order valence-corrected chi connectivity index (χ4v) is 4.53. The molecule has 8 heteroatoms. The third-order valence-corrected chi connectivity index (χ3v) is 6.28. The molecule has 0 atom stereocenters. The largest absolute Gasteiger partial charge is 0.495 e. The maximum absolute atomic E-state index is 13.0. The molecule has 30 heavy (non-hydrogen) atoms. The lowest BCUT2D eigenvalue weighted by Crippen LogP contribution is -2.13. The van der Waals surface area contributed by atoms with Crippen molar-refractivity contribution in [2.24, 2.45) is 0 Å². The number of hydrogen-bond donors (Lipinski definition) is 1. The summed E-state index contributed by atoms with van der Waals surface area (Å²) >= 11 is 7.51. The van der Waals surface area contributed by atoms with E-state index in [2.05, 4.69) is 15.3 Å². The van der Waals surface area contributed by atoms with Crippen molar-refractivity contribution in [3.8, 4) is 5.75 Å². The van der Waals surface area contributed by atoms with Gasteiger partial charge in [-0.2, -0.15) is 0 Å². The SMILES string of the molecule is COc1ccc(NC(=O)c2sc3ncnc(N(C)c4ccccc4)c3c2C)cc1Cl. The van der Waals surface area contributed by atoms with Gasteiger partial charge in [0.05, 0.1) is 22.4 Å². The Kier molecular flexibility index (Phi) is 5.57. The Bertz CT molecular complexity index is 1230. The second kappa shape index (κ2) is 8.30. The fraction of sp³-hybridized carbons (Fsp3) is 0.136. The number of halogens is 1. The van der Waals surface area contributed by atoms with Gasteiger partial charge in [0, 0.05) is 18.4 Å². The number of nitrogens with zero attached hydrogens (tertiary/aromatic N) is 3. The summed E-state index contributed by atoms with van der Waals surface area (Å²) < 4.78 is 5.16. The first-order chi connectivity index (χ1) is 14.5. The van der Waals surface area contributed by atoms with E-state index in [-0.39, 0.29) is 5.91 Å². The highest BCUT2D eigenvalue weighted by atomic mass is 35.5. The number of ether oxygens (including phenoxy) is 1. The Labute approximate surface area is 183 Å². The first-order valence-corrected chi connectivity index (χ1v) is 10.4. The molecule has 4 aromatic rings. The zero-order chi connectivity index (χ0) is 21.3. The average Bonchev–Trinajstić information content (AvgIpc) is 3.11. The number of nitrogens with one attached hydrogen (secondary N) is 1. The maximum Gasteiger partial charge on any atom is 0.266 e. The summed E-state index contributed by atoms with van der Waals surface area (Å²) in [6.07, 6.45) is 1.53. The fourth-order valence-electron chi connectivity index (χ4n) is 3.23. The van der Waals surface area contributed by atoms with Crippen molar-refractivity contribution in [2.45, 2.75) is 6.92 Å². The molecule has 0 radical (unpaired) electrons. The van der Waals surface area contributed by atoms with Crippen molar-refractivity contribution >= 4 is 56.3 Å². The van der Waals surface area contributed by atoms with Crippen LogP contribution in [-0.2, 0) is 0 Å². The molecule has 0 saturated carbocycles. The van der Waals surface area contributed by atoms with Crippen LogP contribution in [0.1, 0.15) is 15.2 Å². The molecule has 0 aliphatic carbocycles. The lowest BCUT2D eigenvalue weighted by Gasteiger charge is -2.19. The Morgan fingerprint density at radius 2 is 1.93 bits per heavy atom. The summed E-state index contributed by atoms with van der Waals surface area (Å²) in [4.78, 5) is 25.2. The molecule has 0 saturated heterocycles. The van der Waals surface area contributed by atoms with Crippen LogP contribution < -0.4 is 15.0 Å². The predicted molar refractivity (Wildman–Crippen MR) is 123 cm³/mol. The number of carbonyl (C=O) groups is 1. The smallest absolute Gasteiger partial charge is 0.266 e. The second-order valence-corrected chi connectivity index (χ2v) is 8.04. The Hall–Kier alpha value is -3.16. The first kappa shape index (κ1) is 20.1. The van der Waals surface area contributed by atoms with Gasteiger partial charge in [-0.05, 0) is 42.8 Å². The van der Waals surface area contributed by atoms with Gasteiger partial charge in [0.1, 0.15) is 22.7 Å². The Balaban J connectivity index is 1.70. The van der Waals surface area contributed by atoms with Gasteiger partial charge in [-0.25, -0.2) is 9.97 Å². The van der Waals surface area contributed by atoms with Crippen LogP contribution in [0, 0.1) is 6.92 Å². The minimum Gasteiger partial charge on any atom is -0.495 e. The van der Waals surface area contributed by atoms with E-state index < -0.39 is 0 Å². The van der Waals surface area contributed by atoms with Gasteiger partial charge in [0.15, 0.2) is 0 Å². The van der Waals surface area contributed by atoms with Crippen LogP contribution >= 0.6 is 22.9 Å². The Morgan fingerprint density at radius 3 is 2.63 bits per heavy atom. The topological polar surface area (TPSA) is 67.3 Å². The van der Waals surface area contributed by atoms with Gasteiger partial charge in [-0.3, -0.25) is 4.79 Å². The van der Waals surface area contributed by atoms with Crippen molar-refractivity contribution in [1.82, 2.24) is 9.97 Å². The lowest BCUT2D eigenvalue weighted by molar-refractivity contribution is 0.103. The minimum atomic E-state index is -0.218. The van der Waals surface area contributed by atoms with Crippen LogP contribution in [0.2, 0.25) is 5.02 Å². The number of methoxy groups -OCH3 is 1. The quantitative estimate of drug-likeness (QED) is 0.434. The van der Waals surface area contributed by atoms with Gasteiger partial charge >= 0.3 is 0 Å². The number of carbonyl (C=O) groups excluding carboxylic acids is 1. The molecule has 0 aliphatic rings. The second-order valence-electron chi connectivity index (χ2n) is 6.63. The number of anilines is 3. The van der Waals surface area contributed by atoms with Gasteiger partial charge in [0.25, 0.3) is 5.91 Å². The van der Waals surface area contributed by atoms with Gasteiger partial charge in [0.2, 0.25) is 0 Å². The highest BCUT2D eigenvalue weighted by molar-refractivity contribution is 7.20. The van der Waals surface area contributed by atoms with E-state index in [1.54, 1.807) is 25.3 Å². The molecular weight excluding hydrogens is 420 g/mol. The number of hydrogen-bond acceptors (Lipinski definition) is 6. The number of rotatable bonds is 5. The predicted octanol–water partition coefficient (Wildman–Crippen LogP) is 5.68. The highest BCUT2D eigenvalue weighted by Gasteiger charge is 2.21. The summed E-state index contributed by atoms with van der Waals surface area (Å²) in [6.45, 7) is 1.92. The molecule has 2 heterocycles. The first-order valence-electron chi connectivity index (χ1n) is 9.17. The molecule has 0 spiro atoms. The normalized spacial score (nSPS) is 10.8. The molecule has 0 bridgehead atoms. The van der Waals surface area contributed by atoms with Gasteiger partial charge in [-0.15, -0.1) is 11.3 Å². The zero-order valence-electron chi connectivity index (χ0n) is 16.6. The monoisotopic (exact) mass is 438 g/mol. The van der Waals surface area contributed by atoms with E-state index in [9.17, 15) is 4.79 Å². The van der Waals surface area contributed by atoms with E-state index in [0.29, 0.717) is 21.3 Å². The maximum atomic E-state index is 13.0. The number of para-hydroxylation sites is 1. The molecule has 1 N–H and O–H groups in total. The van der Waals surface area contributed by atoms with Crippen LogP contribution in [0.4, 0.5) is 17.2 Å². The van der Waals surface area contributed by atoms with Crippen molar-refractivity contribution in [3.05, 3.63) is 70.3 Å². The third-order valence-electron chi connectivity index (χ3n) is 4.78. The summed E-state index contributed by atoms with van der Waals surface area (Å²) in [5, 5.41) is 4.20. The van der Waals surface area contributed by atoms with E-state index in [1.807, 2.05) is 49.2 Å². The van der Waals surface area contributed by atoms with Crippen LogP contribution in [-0.4, -0.2) is 30.0 Å². The number of aryl methyl sites for hydroxylation is 1.